The van der Waals surface area contributed by atoms with Gasteiger partial charge in [-0.15, -0.1) is 0 Å². The Balaban J connectivity index is 1.49. The number of hydrogen-bond acceptors (Lipinski definition) is 5. The summed E-state index contributed by atoms with van der Waals surface area (Å²) in [5.41, 5.74) is 6.75. The highest BCUT2D eigenvalue weighted by Crippen LogP contribution is 2.33. The average molecular weight is 495 g/mol. The fourth-order valence-corrected chi connectivity index (χ4v) is 5.43. The molecule has 0 fully saturated rings. The number of allylic oxidation sites excluding steroid dienone is 4. The Morgan fingerprint density at radius 2 is 1.76 bits per heavy atom. The van der Waals surface area contributed by atoms with Crippen molar-refractivity contribution in [2.45, 2.75) is 52.5 Å². The van der Waals surface area contributed by atoms with Crippen LogP contribution in [0, 0.1) is 5.92 Å². The van der Waals surface area contributed by atoms with Crippen molar-refractivity contribution in [1.29, 1.82) is 0 Å². The number of aromatic nitrogens is 3. The fourth-order valence-electron chi connectivity index (χ4n) is 5.43. The van der Waals surface area contributed by atoms with E-state index in [2.05, 4.69) is 60.3 Å². The van der Waals surface area contributed by atoms with Gasteiger partial charge in [0.2, 0.25) is 0 Å². The summed E-state index contributed by atoms with van der Waals surface area (Å²) in [6.45, 7) is 8.68. The van der Waals surface area contributed by atoms with E-state index in [1.807, 2.05) is 53.5 Å². The first-order chi connectivity index (χ1) is 18.1. The van der Waals surface area contributed by atoms with Crippen LogP contribution in [0.4, 0.5) is 5.82 Å². The summed E-state index contributed by atoms with van der Waals surface area (Å²) in [5, 5.41) is 3.52. The SMILES string of the molecule is CCN(CC)C1=CC=C(c2c[n+]3c(c(CCc4ccncc4)n2)NC(Cc2ccccc2)C3=O)C(C)C1. The molecular weight excluding hydrogens is 458 g/mol. The third-order valence-electron chi connectivity index (χ3n) is 7.52. The molecule has 190 valence electrons. The molecule has 0 spiro atoms. The quantitative estimate of drug-likeness (QED) is 0.430. The van der Waals surface area contributed by atoms with E-state index in [1.54, 1.807) is 0 Å². The molecule has 1 N–H and O–H groups in total. The normalized spacial score (nSPS) is 18.6. The summed E-state index contributed by atoms with van der Waals surface area (Å²) >= 11 is 0. The lowest BCUT2D eigenvalue weighted by molar-refractivity contribution is -0.553. The maximum atomic E-state index is 13.6. The van der Waals surface area contributed by atoms with E-state index in [9.17, 15) is 4.79 Å². The molecule has 37 heavy (non-hydrogen) atoms. The molecule has 0 saturated carbocycles. The number of carbonyl (C=O) groups excluding carboxylic acids is 1. The first-order valence-electron chi connectivity index (χ1n) is 13.4. The van der Waals surface area contributed by atoms with Crippen molar-refractivity contribution >= 4 is 17.3 Å². The first kappa shape index (κ1) is 24.9. The highest BCUT2D eigenvalue weighted by Gasteiger charge is 2.41. The van der Waals surface area contributed by atoms with E-state index in [-0.39, 0.29) is 11.9 Å². The zero-order chi connectivity index (χ0) is 25.8. The standard InChI is InChI=1S/C31H35N5O/c1-4-35(5-2)25-12-13-26(22(3)19-25)29-21-36-30(27(33-29)14-11-23-15-17-32-18-16-23)34-28(31(36)37)20-24-9-7-6-8-10-24/h6-10,12-13,15-18,21-22,28H,4-5,11,14,19-20H2,1-3H3/p+1. The monoisotopic (exact) mass is 494 g/mol. The van der Waals surface area contributed by atoms with E-state index < -0.39 is 0 Å². The van der Waals surface area contributed by atoms with Crippen LogP contribution in [-0.4, -0.2) is 39.9 Å². The number of benzene rings is 1. The van der Waals surface area contributed by atoms with Gasteiger partial charge >= 0.3 is 11.7 Å². The molecule has 6 nitrogen and oxygen atoms in total. The highest BCUT2D eigenvalue weighted by atomic mass is 16.2. The number of pyridine rings is 1. The average Bonchev–Trinajstić information content (AvgIpc) is 3.24. The van der Waals surface area contributed by atoms with Crippen molar-refractivity contribution in [2.75, 3.05) is 18.4 Å². The molecule has 1 aliphatic carbocycles. The minimum absolute atomic E-state index is 0.0797. The third kappa shape index (κ3) is 5.33. The van der Waals surface area contributed by atoms with Crippen molar-refractivity contribution in [3.63, 3.8) is 0 Å². The molecule has 0 amide bonds. The molecule has 1 aromatic carbocycles. The van der Waals surface area contributed by atoms with Crippen LogP contribution in [0.1, 0.15) is 54.5 Å². The smallest absolute Gasteiger partial charge is 0.359 e. The van der Waals surface area contributed by atoms with Gasteiger partial charge in [0.1, 0.15) is 17.6 Å². The van der Waals surface area contributed by atoms with Crippen LogP contribution in [-0.2, 0) is 19.3 Å². The molecule has 5 rings (SSSR count). The first-order valence-corrected chi connectivity index (χ1v) is 13.4. The summed E-state index contributed by atoms with van der Waals surface area (Å²) in [7, 11) is 0. The Morgan fingerprint density at radius 3 is 2.46 bits per heavy atom. The van der Waals surface area contributed by atoms with Crippen LogP contribution in [0.25, 0.3) is 5.57 Å². The Bertz CT molecular complexity index is 1310. The third-order valence-corrected chi connectivity index (χ3v) is 7.52. The van der Waals surface area contributed by atoms with Gasteiger partial charge in [0.15, 0.2) is 6.04 Å². The van der Waals surface area contributed by atoms with Gasteiger partial charge < -0.3 is 4.90 Å². The summed E-state index contributed by atoms with van der Waals surface area (Å²) in [4.78, 5) is 25.3. The van der Waals surface area contributed by atoms with Gasteiger partial charge in [-0.05, 0) is 67.5 Å². The lowest BCUT2D eigenvalue weighted by Crippen LogP contribution is -2.44. The van der Waals surface area contributed by atoms with E-state index >= 15 is 0 Å². The number of fused-ring (bicyclic) bond motifs is 1. The van der Waals surface area contributed by atoms with Gasteiger partial charge in [0.05, 0.1) is 0 Å². The molecule has 0 saturated heterocycles. The molecular formula is C31H36N5O+. The lowest BCUT2D eigenvalue weighted by atomic mass is 9.88. The number of nitrogens with one attached hydrogen (secondary N) is 1. The zero-order valence-corrected chi connectivity index (χ0v) is 22.0. The summed E-state index contributed by atoms with van der Waals surface area (Å²) < 4.78 is 1.81. The largest absolute Gasteiger partial charge is 0.375 e. The van der Waals surface area contributed by atoms with Crippen molar-refractivity contribution in [3.8, 4) is 0 Å². The Hall–Kier alpha value is -3.80. The number of rotatable bonds is 9. The second kappa shape index (κ2) is 11.1. The van der Waals surface area contributed by atoms with E-state index in [4.69, 9.17) is 4.98 Å². The number of aryl methyl sites for hydroxylation is 2. The summed E-state index contributed by atoms with van der Waals surface area (Å²) in [6.07, 6.45) is 13.2. The fraction of sp³-hybridized carbons (Fsp3) is 0.355. The summed E-state index contributed by atoms with van der Waals surface area (Å²) in [5.74, 6) is 1.23. The van der Waals surface area contributed by atoms with Gasteiger partial charge in [0, 0.05) is 44.0 Å². The molecule has 0 bridgehead atoms. The number of carbonyl (C=O) groups is 1. The van der Waals surface area contributed by atoms with Crippen molar-refractivity contribution in [2.24, 2.45) is 5.92 Å². The molecule has 0 radical (unpaired) electrons. The molecule has 3 heterocycles. The van der Waals surface area contributed by atoms with Gasteiger partial charge in [-0.2, -0.15) is 4.57 Å². The van der Waals surface area contributed by atoms with Crippen LogP contribution < -0.4 is 9.88 Å². The van der Waals surface area contributed by atoms with Crippen LogP contribution in [0.5, 0.6) is 0 Å². The molecule has 6 heteroatoms. The maximum Gasteiger partial charge on any atom is 0.359 e. The predicted molar refractivity (Wildman–Crippen MR) is 147 cm³/mol. The Morgan fingerprint density at radius 1 is 1.00 bits per heavy atom. The molecule has 3 aromatic rings. The minimum atomic E-state index is -0.300. The van der Waals surface area contributed by atoms with Crippen LogP contribution in [0.2, 0.25) is 0 Å². The summed E-state index contributed by atoms with van der Waals surface area (Å²) in [6, 6.07) is 14.0. The number of nitrogens with zero attached hydrogens (tertiary/aromatic N) is 4. The van der Waals surface area contributed by atoms with E-state index in [0.29, 0.717) is 12.3 Å². The van der Waals surface area contributed by atoms with Gasteiger partial charge in [0.25, 0.3) is 0 Å². The van der Waals surface area contributed by atoms with Crippen molar-refractivity contribution in [3.05, 3.63) is 101 Å². The zero-order valence-electron chi connectivity index (χ0n) is 22.0. The van der Waals surface area contributed by atoms with Crippen LogP contribution in [0.3, 0.4) is 0 Å². The second-order valence-electron chi connectivity index (χ2n) is 9.93. The molecule has 2 unspecified atom stereocenters. The highest BCUT2D eigenvalue weighted by molar-refractivity contribution is 5.82. The predicted octanol–water partition coefficient (Wildman–Crippen LogP) is 4.88. The van der Waals surface area contributed by atoms with Crippen molar-refractivity contribution in [1.82, 2.24) is 14.9 Å². The minimum Gasteiger partial charge on any atom is -0.375 e. The van der Waals surface area contributed by atoms with E-state index in [0.717, 1.165) is 55.1 Å². The molecule has 2 aliphatic rings. The van der Waals surface area contributed by atoms with Crippen molar-refractivity contribution < 1.29 is 9.36 Å². The van der Waals surface area contributed by atoms with Gasteiger partial charge in [-0.25, -0.2) is 9.78 Å². The molecule has 2 aromatic heterocycles. The molecule has 1 aliphatic heterocycles. The number of hydrogen-bond donors (Lipinski definition) is 1. The Kier molecular flexibility index (Phi) is 7.45. The lowest BCUT2D eigenvalue weighted by Gasteiger charge is -2.30. The maximum absolute atomic E-state index is 13.6. The Labute approximate surface area is 219 Å². The van der Waals surface area contributed by atoms with Crippen LogP contribution >= 0.6 is 0 Å². The topological polar surface area (TPSA) is 62.0 Å². The molecule has 2 atom stereocenters. The van der Waals surface area contributed by atoms with E-state index in [1.165, 1.54) is 16.8 Å². The van der Waals surface area contributed by atoms with Crippen LogP contribution in [0.15, 0.2) is 78.9 Å². The van der Waals surface area contributed by atoms with Gasteiger partial charge in [-0.1, -0.05) is 43.3 Å². The second-order valence-corrected chi connectivity index (χ2v) is 9.93. The number of anilines is 1. The van der Waals surface area contributed by atoms with Gasteiger partial charge in [-0.3, -0.25) is 10.3 Å².